The third kappa shape index (κ3) is 6.50. The topological polar surface area (TPSA) is 139 Å². The summed E-state index contributed by atoms with van der Waals surface area (Å²) in [5.74, 6) is 0. The highest BCUT2D eigenvalue weighted by Gasteiger charge is 2.51. The fraction of sp³-hybridized carbons (Fsp3) is 0.538. The maximum atomic E-state index is 13.1. The van der Waals surface area contributed by atoms with Gasteiger partial charge in [-0.05, 0) is 5.56 Å². The molecule has 0 unspecified atom stereocenters. The Morgan fingerprint density at radius 3 is 2.25 bits per heavy atom. The molecule has 0 saturated carbocycles. The maximum Gasteiger partial charge on any atom is 0.394 e. The van der Waals surface area contributed by atoms with Gasteiger partial charge < -0.3 is 25.1 Å². The minimum Gasteiger partial charge on any atom is -0.390 e. The summed E-state index contributed by atoms with van der Waals surface area (Å²) < 4.78 is 36.9. The molecule has 6 N–H and O–H groups in total. The van der Waals surface area contributed by atoms with Crippen LogP contribution in [0.25, 0.3) is 0 Å². The zero-order valence-electron chi connectivity index (χ0n) is 12.5. The molecule has 0 aliphatic rings. The highest BCUT2D eigenvalue weighted by Crippen LogP contribution is 2.55. The lowest BCUT2D eigenvalue weighted by Crippen LogP contribution is -2.45. The molecule has 138 valence electrons. The van der Waals surface area contributed by atoms with E-state index < -0.39 is 44.5 Å². The van der Waals surface area contributed by atoms with Gasteiger partial charge in [-0.15, -0.1) is 0 Å². The van der Waals surface area contributed by atoms with Gasteiger partial charge in [-0.3, -0.25) is 9.40 Å². The molecule has 11 heteroatoms. The van der Waals surface area contributed by atoms with Gasteiger partial charge in [0.15, 0.2) is 0 Å². The fourth-order valence-electron chi connectivity index (χ4n) is 1.72. The van der Waals surface area contributed by atoms with E-state index in [0.29, 0.717) is 0 Å². The summed E-state index contributed by atoms with van der Waals surface area (Å²) in [4.78, 5) is 21.9. The van der Waals surface area contributed by atoms with Crippen LogP contribution in [0.15, 0.2) is 30.3 Å². The molecule has 0 heterocycles. The first-order valence-corrected chi connectivity index (χ1v) is 8.52. The van der Waals surface area contributed by atoms with Gasteiger partial charge in [0.1, 0.15) is 6.10 Å². The van der Waals surface area contributed by atoms with Gasteiger partial charge in [0.25, 0.3) is 0 Å². The fourth-order valence-corrected chi connectivity index (χ4v) is 2.15. The Morgan fingerprint density at radius 2 is 1.71 bits per heavy atom. The molecule has 0 aliphatic carbocycles. The molecule has 24 heavy (non-hydrogen) atoms. The molecule has 0 fully saturated rings. The molecule has 3 atom stereocenters. The monoisotopic (exact) mass is 371 g/mol. The van der Waals surface area contributed by atoms with E-state index in [0.717, 1.165) is 5.56 Å². The van der Waals surface area contributed by atoms with Crippen LogP contribution in [0, 0.1) is 0 Å². The third-order valence-electron chi connectivity index (χ3n) is 3.15. The number of hydroxylamine groups is 1. The highest BCUT2D eigenvalue weighted by molar-refractivity contribution is 7.53. The van der Waals surface area contributed by atoms with Crippen molar-refractivity contribution in [2.75, 3.05) is 6.54 Å². The molecule has 0 bridgehead atoms. The number of halogens is 2. The van der Waals surface area contributed by atoms with Crippen molar-refractivity contribution in [1.29, 1.82) is 0 Å². The Kier molecular flexibility index (Phi) is 7.84. The van der Waals surface area contributed by atoms with Crippen molar-refractivity contribution in [3.63, 3.8) is 0 Å². The summed E-state index contributed by atoms with van der Waals surface area (Å²) in [6, 6.07) is 8.94. The summed E-state index contributed by atoms with van der Waals surface area (Å²) in [5, 5.41) is 28.6. The number of hydrogen-bond acceptors (Lipinski definition) is 6. The zero-order chi connectivity index (χ0) is 18.4. The molecule has 0 amide bonds. The van der Waals surface area contributed by atoms with E-state index in [2.05, 4.69) is 5.48 Å². The van der Waals surface area contributed by atoms with Gasteiger partial charge >= 0.3 is 13.3 Å². The van der Waals surface area contributed by atoms with Gasteiger partial charge in [-0.2, -0.15) is 14.3 Å². The Morgan fingerprint density at radius 1 is 1.12 bits per heavy atom. The molecular formula is C13H20F2NO7P. The molecule has 0 saturated heterocycles. The van der Waals surface area contributed by atoms with Gasteiger partial charge in [0.05, 0.1) is 25.2 Å². The molecule has 8 nitrogen and oxygen atoms in total. The van der Waals surface area contributed by atoms with Gasteiger partial charge in [-0.1, -0.05) is 30.3 Å². The predicted octanol–water partition coefficient (Wildman–Crippen LogP) is -0.0489. The lowest BCUT2D eigenvalue weighted by Gasteiger charge is -2.26. The molecular weight excluding hydrogens is 351 g/mol. The second kappa shape index (κ2) is 8.93. The second-order valence-corrected chi connectivity index (χ2v) is 6.90. The van der Waals surface area contributed by atoms with Crippen molar-refractivity contribution in [2.45, 2.75) is 37.0 Å². The van der Waals surface area contributed by atoms with E-state index in [9.17, 15) is 28.7 Å². The molecule has 0 aliphatic heterocycles. The van der Waals surface area contributed by atoms with Crippen LogP contribution in [0.5, 0.6) is 0 Å². The van der Waals surface area contributed by atoms with Gasteiger partial charge in [0, 0.05) is 6.54 Å². The lowest BCUT2D eigenvalue weighted by molar-refractivity contribution is -0.0996. The van der Waals surface area contributed by atoms with E-state index in [-0.39, 0.29) is 6.61 Å². The minimum atomic E-state index is -5.78. The van der Waals surface area contributed by atoms with Crippen molar-refractivity contribution < 1.29 is 43.3 Å². The molecule has 1 rings (SSSR count). The first-order valence-electron chi connectivity index (χ1n) is 6.91. The molecule has 0 aromatic heterocycles. The number of hydrogen-bond donors (Lipinski definition) is 6. The Bertz CT molecular complexity index is 542. The van der Waals surface area contributed by atoms with Crippen LogP contribution in [-0.2, 0) is 16.0 Å². The Balaban J connectivity index is 2.38. The van der Waals surface area contributed by atoms with Crippen LogP contribution in [-0.4, -0.2) is 55.6 Å². The van der Waals surface area contributed by atoms with Crippen molar-refractivity contribution >= 4 is 7.60 Å². The highest BCUT2D eigenvalue weighted by atomic mass is 31.2. The van der Waals surface area contributed by atoms with Crippen LogP contribution in [0.4, 0.5) is 8.78 Å². The van der Waals surface area contributed by atoms with Gasteiger partial charge in [-0.25, -0.2) is 0 Å². The summed E-state index contributed by atoms with van der Waals surface area (Å²) in [6.45, 7) is -0.255. The molecule has 0 radical (unpaired) electrons. The number of nitrogens with one attached hydrogen (secondary N) is 1. The summed E-state index contributed by atoms with van der Waals surface area (Å²) in [6.07, 6.45) is -7.67. The Hall–Kier alpha value is -0.970. The lowest BCUT2D eigenvalue weighted by atomic mass is 10.1. The summed E-state index contributed by atoms with van der Waals surface area (Å²) in [7, 11) is -5.78. The summed E-state index contributed by atoms with van der Waals surface area (Å²) >= 11 is 0. The molecule has 1 aromatic rings. The summed E-state index contributed by atoms with van der Waals surface area (Å²) in [5.41, 5.74) is -1.39. The van der Waals surface area contributed by atoms with Crippen LogP contribution < -0.4 is 5.48 Å². The number of rotatable bonds is 10. The van der Waals surface area contributed by atoms with Crippen molar-refractivity contribution in [3.8, 4) is 0 Å². The number of aliphatic hydroxyl groups is 3. The first kappa shape index (κ1) is 21.1. The van der Waals surface area contributed by atoms with E-state index >= 15 is 0 Å². The van der Waals surface area contributed by atoms with Crippen LogP contribution in [0.2, 0.25) is 0 Å². The first-order chi connectivity index (χ1) is 11.0. The van der Waals surface area contributed by atoms with Gasteiger partial charge in [0.2, 0.25) is 0 Å². The van der Waals surface area contributed by atoms with Crippen LogP contribution >= 0.6 is 7.60 Å². The third-order valence-corrected chi connectivity index (χ3v) is 4.18. The SMILES string of the molecule is O=P(O)(O)C(F)(F)C[C@@H](O)[C@@H](O)[C@@H](O)CNOCc1ccccc1. The van der Waals surface area contributed by atoms with E-state index in [4.69, 9.17) is 14.6 Å². The normalized spacial score (nSPS) is 16.6. The van der Waals surface area contributed by atoms with Crippen molar-refractivity contribution in [1.82, 2.24) is 5.48 Å². The largest absolute Gasteiger partial charge is 0.394 e. The zero-order valence-corrected chi connectivity index (χ0v) is 13.4. The average molecular weight is 371 g/mol. The molecule has 0 spiro atoms. The van der Waals surface area contributed by atoms with E-state index in [1.54, 1.807) is 24.3 Å². The molecule has 1 aromatic carbocycles. The van der Waals surface area contributed by atoms with Crippen molar-refractivity contribution in [3.05, 3.63) is 35.9 Å². The smallest absolute Gasteiger partial charge is 0.390 e. The van der Waals surface area contributed by atoms with E-state index in [1.165, 1.54) is 0 Å². The number of aliphatic hydroxyl groups excluding tert-OH is 3. The quantitative estimate of drug-likeness (QED) is 0.191. The predicted molar refractivity (Wildman–Crippen MR) is 78.9 cm³/mol. The number of benzene rings is 1. The Labute approximate surface area is 136 Å². The van der Waals surface area contributed by atoms with Crippen LogP contribution in [0.1, 0.15) is 12.0 Å². The van der Waals surface area contributed by atoms with Crippen molar-refractivity contribution in [2.24, 2.45) is 0 Å². The average Bonchev–Trinajstić information content (AvgIpc) is 2.50. The minimum absolute atomic E-state index is 0.141. The standard InChI is InChI=1S/C13H20F2NO7P/c14-13(15,24(20,21)22)6-10(17)12(19)11(18)7-16-23-8-9-4-2-1-3-5-9/h1-5,10-12,16-19H,6-8H2,(H2,20,21,22)/t10-,11+,12-/m1/s1. The number of alkyl halides is 2. The maximum absolute atomic E-state index is 13.1. The van der Waals surface area contributed by atoms with Crippen LogP contribution in [0.3, 0.4) is 0 Å². The van der Waals surface area contributed by atoms with E-state index in [1.807, 2.05) is 6.07 Å². The second-order valence-electron chi connectivity index (χ2n) is 5.16.